The molecule has 78 valence electrons. The lowest BCUT2D eigenvalue weighted by Gasteiger charge is -2.17. The van der Waals surface area contributed by atoms with Crippen LogP contribution in [0, 0.1) is 0 Å². The van der Waals surface area contributed by atoms with Gasteiger partial charge in [0.2, 0.25) is 0 Å². The molecule has 0 aromatic carbocycles. The summed E-state index contributed by atoms with van der Waals surface area (Å²) in [6.07, 6.45) is 0. The van der Waals surface area contributed by atoms with E-state index in [1.807, 2.05) is 18.2 Å². The summed E-state index contributed by atoms with van der Waals surface area (Å²) in [7, 11) is 0. The van der Waals surface area contributed by atoms with Crippen LogP contribution < -0.4 is 5.73 Å². The molecule has 2 N–H and O–H groups in total. The Morgan fingerprint density at radius 2 is 1.67 bits per heavy atom. The van der Waals surface area contributed by atoms with Gasteiger partial charge in [0, 0.05) is 16.5 Å². The summed E-state index contributed by atoms with van der Waals surface area (Å²) >= 11 is 0. The highest BCUT2D eigenvalue weighted by Crippen LogP contribution is 2.22. The Bertz CT molecular complexity index is 498. The lowest BCUT2D eigenvalue weighted by molar-refractivity contribution is 0.571. The number of aromatic nitrogens is 2. The molecule has 0 amide bonds. The average molecular weight is 201 g/mol. The van der Waals surface area contributed by atoms with Crippen LogP contribution in [0.5, 0.6) is 0 Å². The number of pyridine rings is 2. The van der Waals surface area contributed by atoms with Crippen molar-refractivity contribution in [2.24, 2.45) is 0 Å². The largest absolute Gasteiger partial charge is 0.384 e. The molecule has 2 aromatic heterocycles. The molecule has 0 spiro atoms. The van der Waals surface area contributed by atoms with Crippen LogP contribution in [0.25, 0.3) is 11.0 Å². The Kier molecular flexibility index (Phi) is 2.11. The third kappa shape index (κ3) is 1.91. The molecule has 15 heavy (non-hydrogen) atoms. The summed E-state index contributed by atoms with van der Waals surface area (Å²) < 4.78 is 0. The van der Waals surface area contributed by atoms with E-state index in [-0.39, 0.29) is 5.41 Å². The van der Waals surface area contributed by atoms with E-state index in [0.717, 1.165) is 16.7 Å². The van der Waals surface area contributed by atoms with Crippen molar-refractivity contribution in [3.63, 3.8) is 0 Å². The molecule has 0 bridgehead atoms. The molecule has 0 atom stereocenters. The lowest BCUT2D eigenvalue weighted by Crippen LogP contribution is -2.13. The number of nitrogens with two attached hydrogens (primary N) is 1. The van der Waals surface area contributed by atoms with Gasteiger partial charge in [-0.15, -0.1) is 0 Å². The molecular weight excluding hydrogens is 186 g/mol. The van der Waals surface area contributed by atoms with Crippen LogP contribution in [0.3, 0.4) is 0 Å². The topological polar surface area (TPSA) is 51.8 Å². The zero-order valence-electron chi connectivity index (χ0n) is 9.28. The summed E-state index contributed by atoms with van der Waals surface area (Å²) in [6.45, 7) is 6.40. The number of hydrogen-bond donors (Lipinski definition) is 1. The van der Waals surface area contributed by atoms with Crippen molar-refractivity contribution >= 4 is 16.9 Å². The third-order valence-electron chi connectivity index (χ3n) is 2.34. The summed E-state index contributed by atoms with van der Waals surface area (Å²) in [4.78, 5) is 8.73. The molecule has 0 saturated heterocycles. The number of anilines is 1. The van der Waals surface area contributed by atoms with Gasteiger partial charge in [0.05, 0.1) is 0 Å². The smallest absolute Gasteiger partial charge is 0.161 e. The number of rotatable bonds is 0. The van der Waals surface area contributed by atoms with Gasteiger partial charge in [-0.1, -0.05) is 20.8 Å². The minimum absolute atomic E-state index is 0.0421. The predicted molar refractivity (Wildman–Crippen MR) is 62.7 cm³/mol. The van der Waals surface area contributed by atoms with Gasteiger partial charge in [0.25, 0.3) is 0 Å². The first kappa shape index (κ1) is 9.90. The van der Waals surface area contributed by atoms with Gasteiger partial charge in [-0.3, -0.25) is 0 Å². The summed E-state index contributed by atoms with van der Waals surface area (Å²) in [6, 6.07) is 7.81. The van der Waals surface area contributed by atoms with E-state index in [9.17, 15) is 0 Å². The Balaban J connectivity index is 2.64. The Hall–Kier alpha value is -1.64. The van der Waals surface area contributed by atoms with Crippen molar-refractivity contribution in [2.75, 3.05) is 5.73 Å². The average Bonchev–Trinajstić information content (AvgIpc) is 2.15. The second kappa shape index (κ2) is 3.19. The van der Waals surface area contributed by atoms with Crippen LogP contribution in [0.4, 0.5) is 5.82 Å². The highest BCUT2D eigenvalue weighted by atomic mass is 14.9. The number of hydrogen-bond acceptors (Lipinski definition) is 3. The molecule has 0 unspecified atom stereocenters. The summed E-state index contributed by atoms with van der Waals surface area (Å²) in [5, 5.41) is 1.03. The van der Waals surface area contributed by atoms with Crippen LogP contribution in [-0.2, 0) is 5.41 Å². The summed E-state index contributed by atoms with van der Waals surface area (Å²) in [5.41, 5.74) is 7.43. The fourth-order valence-electron chi connectivity index (χ4n) is 1.43. The van der Waals surface area contributed by atoms with Gasteiger partial charge in [-0.2, -0.15) is 0 Å². The highest BCUT2D eigenvalue weighted by Gasteiger charge is 2.15. The van der Waals surface area contributed by atoms with Crippen molar-refractivity contribution in [2.45, 2.75) is 26.2 Å². The van der Waals surface area contributed by atoms with Gasteiger partial charge in [-0.25, -0.2) is 9.97 Å². The Labute approximate surface area is 89.4 Å². The second-order valence-corrected chi connectivity index (χ2v) is 4.73. The van der Waals surface area contributed by atoms with Gasteiger partial charge in [0.1, 0.15) is 5.82 Å². The Morgan fingerprint density at radius 3 is 2.33 bits per heavy atom. The highest BCUT2D eigenvalue weighted by molar-refractivity contribution is 5.76. The van der Waals surface area contributed by atoms with E-state index in [4.69, 9.17) is 5.73 Å². The SMILES string of the molecule is CC(C)(C)c1ccc2ccc(N)nc2n1. The van der Waals surface area contributed by atoms with Gasteiger partial charge in [-0.05, 0) is 24.3 Å². The molecule has 3 nitrogen and oxygen atoms in total. The minimum Gasteiger partial charge on any atom is -0.384 e. The van der Waals surface area contributed by atoms with E-state index in [1.54, 1.807) is 6.07 Å². The van der Waals surface area contributed by atoms with Crippen LogP contribution in [-0.4, -0.2) is 9.97 Å². The van der Waals surface area contributed by atoms with E-state index in [1.165, 1.54) is 0 Å². The van der Waals surface area contributed by atoms with E-state index in [0.29, 0.717) is 5.82 Å². The molecule has 0 radical (unpaired) electrons. The normalized spacial score (nSPS) is 11.9. The zero-order chi connectivity index (χ0) is 11.1. The fourth-order valence-corrected chi connectivity index (χ4v) is 1.43. The lowest BCUT2D eigenvalue weighted by atomic mass is 9.91. The van der Waals surface area contributed by atoms with Crippen LogP contribution >= 0.6 is 0 Å². The van der Waals surface area contributed by atoms with Gasteiger partial charge in [0.15, 0.2) is 5.65 Å². The number of fused-ring (bicyclic) bond motifs is 1. The maximum absolute atomic E-state index is 5.63. The first-order chi connectivity index (χ1) is 6.97. The molecule has 0 saturated carbocycles. The van der Waals surface area contributed by atoms with Crippen LogP contribution in [0.1, 0.15) is 26.5 Å². The second-order valence-electron chi connectivity index (χ2n) is 4.73. The van der Waals surface area contributed by atoms with Crippen molar-refractivity contribution in [3.8, 4) is 0 Å². The first-order valence-electron chi connectivity index (χ1n) is 5.00. The van der Waals surface area contributed by atoms with E-state index < -0.39 is 0 Å². The maximum Gasteiger partial charge on any atom is 0.161 e. The van der Waals surface area contributed by atoms with Crippen molar-refractivity contribution < 1.29 is 0 Å². The number of nitrogens with zero attached hydrogens (tertiary/aromatic N) is 2. The standard InChI is InChI=1S/C12H15N3/c1-12(2,3)9-6-4-8-5-7-10(13)15-11(8)14-9/h4-7H,1-3H3,(H2,13,14,15). The summed E-state index contributed by atoms with van der Waals surface area (Å²) in [5.74, 6) is 0.515. The first-order valence-corrected chi connectivity index (χ1v) is 5.00. The quantitative estimate of drug-likeness (QED) is 0.712. The molecule has 2 aromatic rings. The van der Waals surface area contributed by atoms with E-state index >= 15 is 0 Å². The molecule has 2 heterocycles. The number of nitrogen functional groups attached to an aromatic ring is 1. The third-order valence-corrected chi connectivity index (χ3v) is 2.34. The van der Waals surface area contributed by atoms with Crippen molar-refractivity contribution in [1.29, 1.82) is 0 Å². The minimum atomic E-state index is 0.0421. The van der Waals surface area contributed by atoms with E-state index in [2.05, 4.69) is 30.7 Å². The molecule has 0 aliphatic rings. The van der Waals surface area contributed by atoms with Crippen LogP contribution in [0.2, 0.25) is 0 Å². The Morgan fingerprint density at radius 1 is 1.00 bits per heavy atom. The monoisotopic (exact) mass is 201 g/mol. The fraction of sp³-hybridized carbons (Fsp3) is 0.333. The molecule has 2 rings (SSSR count). The molecule has 0 aliphatic carbocycles. The predicted octanol–water partition coefficient (Wildman–Crippen LogP) is 2.51. The van der Waals surface area contributed by atoms with Gasteiger partial charge >= 0.3 is 0 Å². The molecule has 3 heteroatoms. The maximum atomic E-state index is 5.63. The zero-order valence-corrected chi connectivity index (χ0v) is 9.28. The molecule has 0 aliphatic heterocycles. The van der Waals surface area contributed by atoms with Gasteiger partial charge < -0.3 is 5.73 Å². The van der Waals surface area contributed by atoms with Crippen molar-refractivity contribution in [1.82, 2.24) is 9.97 Å². The van der Waals surface area contributed by atoms with Crippen molar-refractivity contribution in [3.05, 3.63) is 30.0 Å². The molecule has 0 fully saturated rings. The molecular formula is C12H15N3. The van der Waals surface area contributed by atoms with Crippen LogP contribution in [0.15, 0.2) is 24.3 Å².